The number of halogens is 1. The number of benzene rings is 1. The number of carbonyl (C=O) groups excluding carboxylic acids is 1. The van der Waals surface area contributed by atoms with Crippen LogP contribution in [-0.2, 0) is 16.0 Å². The lowest BCUT2D eigenvalue weighted by Gasteiger charge is -2.16. The fourth-order valence-electron chi connectivity index (χ4n) is 2.87. The number of nitrogens with zero attached hydrogens (tertiary/aromatic N) is 2. The lowest BCUT2D eigenvalue weighted by atomic mass is 10.1. The molecule has 0 bridgehead atoms. The summed E-state index contributed by atoms with van der Waals surface area (Å²) in [6.45, 7) is 3.47. The van der Waals surface area contributed by atoms with Crippen LogP contribution in [0.3, 0.4) is 0 Å². The van der Waals surface area contributed by atoms with Gasteiger partial charge in [0.2, 0.25) is 12.7 Å². The number of likely N-dealkylation sites (N-methyl/N-ethyl adjacent to an activating group) is 1. The van der Waals surface area contributed by atoms with E-state index >= 15 is 0 Å². The average molecular weight is 504 g/mol. The van der Waals surface area contributed by atoms with Crippen molar-refractivity contribution in [3.63, 3.8) is 0 Å². The summed E-state index contributed by atoms with van der Waals surface area (Å²) in [5, 5.41) is 6.64. The Kier molecular flexibility index (Phi) is 9.10. The molecule has 2 aliphatic rings. The number of amides is 1. The second-order valence-electron chi connectivity index (χ2n) is 6.93. The zero-order valence-corrected chi connectivity index (χ0v) is 18.7. The molecular weight excluding hydrogens is 475 g/mol. The van der Waals surface area contributed by atoms with Crippen molar-refractivity contribution in [1.29, 1.82) is 0 Å². The van der Waals surface area contributed by atoms with E-state index in [2.05, 4.69) is 15.6 Å². The van der Waals surface area contributed by atoms with Crippen LogP contribution in [0.5, 0.6) is 11.5 Å². The minimum Gasteiger partial charge on any atom is -0.454 e. The molecule has 1 aromatic rings. The Hall–Kier alpha value is -1.75. The van der Waals surface area contributed by atoms with Crippen molar-refractivity contribution in [2.24, 2.45) is 10.9 Å². The second kappa shape index (κ2) is 11.3. The SMILES string of the molecule is CN(C)C(=O)CN=C(NCCc1ccc2c(c1)OCO2)NCC1CCOC1.I. The number of aliphatic imine (C=N–C) groups is 1. The summed E-state index contributed by atoms with van der Waals surface area (Å²) in [5.74, 6) is 2.68. The van der Waals surface area contributed by atoms with Crippen LogP contribution in [0.2, 0.25) is 0 Å². The maximum Gasteiger partial charge on any atom is 0.243 e. The summed E-state index contributed by atoms with van der Waals surface area (Å²) in [4.78, 5) is 17.8. The highest BCUT2D eigenvalue weighted by molar-refractivity contribution is 14.0. The molecule has 28 heavy (non-hydrogen) atoms. The molecule has 156 valence electrons. The van der Waals surface area contributed by atoms with Gasteiger partial charge in [0.1, 0.15) is 6.54 Å². The van der Waals surface area contributed by atoms with Crippen LogP contribution in [0.1, 0.15) is 12.0 Å². The van der Waals surface area contributed by atoms with Gasteiger partial charge in [0, 0.05) is 39.7 Å². The quantitative estimate of drug-likeness (QED) is 0.331. The first-order chi connectivity index (χ1) is 13.1. The van der Waals surface area contributed by atoms with Crippen molar-refractivity contribution in [3.8, 4) is 11.5 Å². The van der Waals surface area contributed by atoms with Crippen LogP contribution < -0.4 is 20.1 Å². The van der Waals surface area contributed by atoms with E-state index in [-0.39, 0.29) is 43.2 Å². The van der Waals surface area contributed by atoms with Gasteiger partial charge in [-0.1, -0.05) is 6.07 Å². The van der Waals surface area contributed by atoms with E-state index in [0.29, 0.717) is 18.4 Å². The predicted octanol–water partition coefficient (Wildman–Crippen LogP) is 1.24. The number of carbonyl (C=O) groups is 1. The molecule has 1 amide bonds. The predicted molar refractivity (Wildman–Crippen MR) is 118 cm³/mol. The fourth-order valence-corrected chi connectivity index (χ4v) is 2.87. The molecule has 0 radical (unpaired) electrons. The van der Waals surface area contributed by atoms with E-state index in [0.717, 1.165) is 49.7 Å². The van der Waals surface area contributed by atoms with E-state index in [1.54, 1.807) is 19.0 Å². The topological polar surface area (TPSA) is 84.4 Å². The molecule has 1 unspecified atom stereocenters. The molecule has 1 aromatic carbocycles. The molecule has 2 heterocycles. The molecular formula is C19H29IN4O4. The maximum absolute atomic E-state index is 11.8. The van der Waals surface area contributed by atoms with Gasteiger partial charge in [0.15, 0.2) is 17.5 Å². The second-order valence-corrected chi connectivity index (χ2v) is 6.93. The average Bonchev–Trinajstić information content (AvgIpc) is 3.34. The van der Waals surface area contributed by atoms with Crippen LogP contribution in [0.25, 0.3) is 0 Å². The Labute approximate surface area is 183 Å². The van der Waals surface area contributed by atoms with Gasteiger partial charge in [-0.15, -0.1) is 24.0 Å². The zero-order valence-electron chi connectivity index (χ0n) is 16.4. The molecule has 0 saturated carbocycles. The van der Waals surface area contributed by atoms with Gasteiger partial charge in [-0.05, 0) is 30.5 Å². The van der Waals surface area contributed by atoms with Crippen LogP contribution in [0.15, 0.2) is 23.2 Å². The number of ether oxygens (including phenoxy) is 3. The molecule has 8 nitrogen and oxygen atoms in total. The Morgan fingerprint density at radius 1 is 1.25 bits per heavy atom. The van der Waals surface area contributed by atoms with Gasteiger partial charge in [-0.25, -0.2) is 4.99 Å². The Balaban J connectivity index is 0.00000280. The van der Waals surface area contributed by atoms with Crippen molar-refractivity contribution in [2.45, 2.75) is 12.8 Å². The summed E-state index contributed by atoms with van der Waals surface area (Å²) in [6, 6.07) is 5.96. The minimum absolute atomic E-state index is 0. The zero-order chi connectivity index (χ0) is 19.1. The molecule has 1 atom stereocenters. The lowest BCUT2D eigenvalue weighted by Crippen LogP contribution is -2.41. The van der Waals surface area contributed by atoms with Gasteiger partial charge in [-0.2, -0.15) is 0 Å². The van der Waals surface area contributed by atoms with Crippen molar-refractivity contribution in [1.82, 2.24) is 15.5 Å². The number of guanidine groups is 1. The Bertz CT molecular complexity index is 678. The summed E-state index contributed by atoms with van der Waals surface area (Å²) in [5.41, 5.74) is 1.15. The van der Waals surface area contributed by atoms with Crippen LogP contribution >= 0.6 is 24.0 Å². The molecule has 0 aromatic heterocycles. The molecule has 3 rings (SSSR count). The van der Waals surface area contributed by atoms with Crippen LogP contribution in [0, 0.1) is 5.92 Å². The third-order valence-corrected chi connectivity index (χ3v) is 4.60. The molecule has 2 aliphatic heterocycles. The van der Waals surface area contributed by atoms with E-state index < -0.39 is 0 Å². The first-order valence-corrected chi connectivity index (χ1v) is 9.30. The molecule has 9 heteroatoms. The summed E-state index contributed by atoms with van der Waals surface area (Å²) < 4.78 is 16.2. The first-order valence-electron chi connectivity index (χ1n) is 9.30. The Morgan fingerprint density at radius 2 is 2.07 bits per heavy atom. The van der Waals surface area contributed by atoms with Crippen molar-refractivity contribution in [3.05, 3.63) is 23.8 Å². The van der Waals surface area contributed by atoms with E-state index in [4.69, 9.17) is 14.2 Å². The van der Waals surface area contributed by atoms with E-state index in [1.807, 2.05) is 18.2 Å². The maximum atomic E-state index is 11.8. The highest BCUT2D eigenvalue weighted by Gasteiger charge is 2.16. The van der Waals surface area contributed by atoms with Crippen molar-refractivity contribution < 1.29 is 19.0 Å². The third-order valence-electron chi connectivity index (χ3n) is 4.60. The number of hydrogen-bond acceptors (Lipinski definition) is 5. The Morgan fingerprint density at radius 3 is 2.82 bits per heavy atom. The fraction of sp³-hybridized carbons (Fsp3) is 0.579. The number of rotatable bonds is 7. The van der Waals surface area contributed by atoms with Gasteiger partial charge in [-0.3, -0.25) is 4.79 Å². The minimum atomic E-state index is -0.0314. The van der Waals surface area contributed by atoms with Gasteiger partial charge >= 0.3 is 0 Å². The van der Waals surface area contributed by atoms with Crippen molar-refractivity contribution >= 4 is 35.8 Å². The highest BCUT2D eigenvalue weighted by atomic mass is 127. The monoisotopic (exact) mass is 504 g/mol. The number of hydrogen-bond donors (Lipinski definition) is 2. The van der Waals surface area contributed by atoms with Crippen LogP contribution in [-0.4, -0.2) is 70.5 Å². The van der Waals surface area contributed by atoms with Gasteiger partial charge in [0.05, 0.1) is 6.61 Å². The molecule has 0 aliphatic carbocycles. The smallest absolute Gasteiger partial charge is 0.243 e. The largest absolute Gasteiger partial charge is 0.454 e. The lowest BCUT2D eigenvalue weighted by molar-refractivity contribution is -0.127. The summed E-state index contributed by atoms with van der Waals surface area (Å²) in [6.07, 6.45) is 1.86. The van der Waals surface area contributed by atoms with Gasteiger partial charge in [0.25, 0.3) is 0 Å². The summed E-state index contributed by atoms with van der Waals surface area (Å²) >= 11 is 0. The van der Waals surface area contributed by atoms with E-state index in [9.17, 15) is 4.79 Å². The number of fused-ring (bicyclic) bond motifs is 1. The molecule has 0 spiro atoms. The van der Waals surface area contributed by atoms with Crippen molar-refractivity contribution in [2.75, 3.05) is 53.7 Å². The standard InChI is InChI=1S/C19H28N4O4.HI/c1-23(2)18(24)11-22-19(21-10-15-6-8-25-12-15)20-7-5-14-3-4-16-17(9-14)27-13-26-16;/h3-4,9,15H,5-8,10-13H2,1-2H3,(H2,20,21,22);1H. The number of nitrogens with one attached hydrogen (secondary N) is 2. The normalized spacial score (nSPS) is 17.8. The first kappa shape index (κ1) is 22.5. The van der Waals surface area contributed by atoms with Gasteiger partial charge < -0.3 is 29.7 Å². The molecule has 1 saturated heterocycles. The van der Waals surface area contributed by atoms with Crippen LogP contribution in [0.4, 0.5) is 0 Å². The highest BCUT2D eigenvalue weighted by Crippen LogP contribution is 2.32. The third kappa shape index (κ3) is 6.69. The van der Waals surface area contributed by atoms with E-state index in [1.165, 1.54) is 0 Å². The summed E-state index contributed by atoms with van der Waals surface area (Å²) in [7, 11) is 3.46. The molecule has 1 fully saturated rings. The molecule has 2 N–H and O–H groups in total.